The molecule has 4 aliphatic rings. The lowest BCUT2D eigenvalue weighted by Crippen LogP contribution is -2.49. The molecule has 0 saturated heterocycles. The van der Waals surface area contributed by atoms with Gasteiger partial charge in [-0.2, -0.15) is 12.6 Å². The Labute approximate surface area is 291 Å². The van der Waals surface area contributed by atoms with Crippen molar-refractivity contribution in [3.63, 3.8) is 0 Å². The molecule has 4 nitrogen and oxygen atoms in total. The Morgan fingerprint density at radius 1 is 0.891 bits per heavy atom. The second-order valence-corrected chi connectivity index (χ2v) is 14.5. The standard InChI is InChI=1S/C34H52N2O2.3C2H6.CH4S/c1-21(2)7-6-8-22(3)29-11-12-30-28-10-9-24-19-27(38-32(37)23-17-25(35)20-26(36)18-23)13-15-33(24,4)31(28)14-16-34(29,30)5;4*1-2/h14,17-18,20-22,24,27-30H,6-13,15-16,19,35-36H2,1-5H3;3*1-2H3;2H,1H3. The van der Waals surface area contributed by atoms with Crippen LogP contribution in [-0.4, -0.2) is 18.3 Å². The quantitative estimate of drug-likeness (QED) is 0.118. The number of benzene rings is 1. The van der Waals surface area contributed by atoms with Gasteiger partial charge >= 0.3 is 5.97 Å². The highest BCUT2D eigenvalue weighted by atomic mass is 32.1. The first-order valence-electron chi connectivity index (χ1n) is 19.0. The number of nitrogen functional groups attached to an aromatic ring is 2. The number of hydrogen-bond donors (Lipinski definition) is 3. The van der Waals surface area contributed by atoms with Crippen LogP contribution in [0.2, 0.25) is 0 Å². The molecule has 4 aliphatic carbocycles. The molecule has 0 aromatic heterocycles. The summed E-state index contributed by atoms with van der Waals surface area (Å²) in [6, 6.07) is 5.01. The molecular weight excluding hydrogens is 585 g/mol. The van der Waals surface area contributed by atoms with Gasteiger partial charge < -0.3 is 16.2 Å². The maximum atomic E-state index is 12.9. The van der Waals surface area contributed by atoms with Gasteiger partial charge in [0.05, 0.1) is 5.56 Å². The predicted octanol–water partition coefficient (Wildman–Crippen LogP) is 12.0. The Morgan fingerprint density at radius 2 is 1.50 bits per heavy atom. The molecule has 0 amide bonds. The van der Waals surface area contributed by atoms with Crippen molar-refractivity contribution in [3.05, 3.63) is 35.4 Å². The van der Waals surface area contributed by atoms with E-state index in [9.17, 15) is 4.79 Å². The number of fused-ring (bicyclic) bond motifs is 5. The van der Waals surface area contributed by atoms with Crippen LogP contribution in [0, 0.1) is 46.3 Å². The fourth-order valence-electron chi connectivity index (χ4n) is 9.63. The van der Waals surface area contributed by atoms with Gasteiger partial charge in [0.15, 0.2) is 0 Å². The first-order chi connectivity index (χ1) is 22.0. The molecule has 5 rings (SSSR count). The zero-order valence-corrected chi connectivity index (χ0v) is 32.9. The van der Waals surface area contributed by atoms with E-state index in [-0.39, 0.29) is 17.5 Å². The summed E-state index contributed by atoms with van der Waals surface area (Å²) >= 11 is 3.53. The number of esters is 1. The van der Waals surface area contributed by atoms with Gasteiger partial charge in [0.2, 0.25) is 0 Å². The molecule has 3 fully saturated rings. The predicted molar refractivity (Wildman–Crippen MR) is 206 cm³/mol. The number of hydrogen-bond acceptors (Lipinski definition) is 5. The molecule has 0 aliphatic heterocycles. The molecule has 5 heteroatoms. The molecule has 0 bridgehead atoms. The van der Waals surface area contributed by atoms with Crippen molar-refractivity contribution >= 4 is 30.0 Å². The van der Waals surface area contributed by atoms with Crippen LogP contribution in [0.25, 0.3) is 0 Å². The normalized spacial score (nSPS) is 31.2. The van der Waals surface area contributed by atoms with E-state index in [1.54, 1.807) is 30.0 Å². The van der Waals surface area contributed by atoms with Crippen molar-refractivity contribution in [2.24, 2.45) is 46.3 Å². The number of nitrogens with two attached hydrogens (primary N) is 2. The highest BCUT2D eigenvalue weighted by Crippen LogP contribution is 2.66. The van der Waals surface area contributed by atoms with Crippen molar-refractivity contribution in [1.82, 2.24) is 0 Å². The van der Waals surface area contributed by atoms with Gasteiger partial charge in [0, 0.05) is 11.4 Å². The highest BCUT2D eigenvalue weighted by molar-refractivity contribution is 7.79. The first kappa shape index (κ1) is 42.4. The number of thiol groups is 1. The topological polar surface area (TPSA) is 78.3 Å². The van der Waals surface area contributed by atoms with Crippen LogP contribution < -0.4 is 11.5 Å². The average Bonchev–Trinajstić information content (AvgIpc) is 3.42. The SMILES string of the molecule is CC.CC.CC.CC(C)CCCC(C)C1CCC2C3CCC4CC(OC(=O)c5cc(N)cc(N)c5)CCC4(C)C3=CCC12C.CS. The Balaban J connectivity index is 0.00000123. The molecular formula is C41H74N2O2S. The third-order valence-electron chi connectivity index (χ3n) is 11.7. The first-order valence-corrected chi connectivity index (χ1v) is 19.9. The molecule has 0 radical (unpaired) electrons. The van der Waals surface area contributed by atoms with Gasteiger partial charge in [-0.1, -0.05) is 107 Å². The third kappa shape index (κ3) is 9.73. The Hall–Kier alpha value is -1.62. The van der Waals surface area contributed by atoms with Crippen molar-refractivity contribution in [3.8, 4) is 0 Å². The Bertz CT molecular complexity index is 1050. The van der Waals surface area contributed by atoms with Crippen LogP contribution in [0.1, 0.15) is 157 Å². The molecule has 1 aromatic carbocycles. The maximum absolute atomic E-state index is 12.9. The second kappa shape index (κ2) is 20.0. The van der Waals surface area contributed by atoms with Gasteiger partial charge in [0.25, 0.3) is 0 Å². The fourth-order valence-corrected chi connectivity index (χ4v) is 9.63. The smallest absolute Gasteiger partial charge is 0.338 e. The number of ether oxygens (including phenoxy) is 1. The molecule has 8 unspecified atom stereocenters. The molecule has 0 spiro atoms. The summed E-state index contributed by atoms with van der Waals surface area (Å²) in [6.45, 7) is 24.5. The minimum absolute atomic E-state index is 0.0169. The van der Waals surface area contributed by atoms with E-state index in [1.807, 2.05) is 41.5 Å². The van der Waals surface area contributed by atoms with E-state index >= 15 is 0 Å². The van der Waals surface area contributed by atoms with Gasteiger partial charge in [-0.15, -0.1) is 0 Å². The number of rotatable bonds is 7. The van der Waals surface area contributed by atoms with Crippen molar-refractivity contribution in [2.45, 2.75) is 153 Å². The molecule has 46 heavy (non-hydrogen) atoms. The molecule has 8 atom stereocenters. The van der Waals surface area contributed by atoms with E-state index in [2.05, 4.69) is 53.3 Å². The van der Waals surface area contributed by atoms with E-state index in [0.717, 1.165) is 48.9 Å². The van der Waals surface area contributed by atoms with Crippen molar-refractivity contribution < 1.29 is 9.53 Å². The Kier molecular flexibility index (Phi) is 18.5. The van der Waals surface area contributed by atoms with E-state index in [0.29, 0.717) is 28.3 Å². The monoisotopic (exact) mass is 659 g/mol. The van der Waals surface area contributed by atoms with Crippen LogP contribution in [0.3, 0.4) is 0 Å². The van der Waals surface area contributed by atoms with Crippen LogP contribution in [0.15, 0.2) is 29.8 Å². The van der Waals surface area contributed by atoms with Crippen LogP contribution >= 0.6 is 12.6 Å². The van der Waals surface area contributed by atoms with Crippen LogP contribution in [0.5, 0.6) is 0 Å². The minimum atomic E-state index is -0.293. The van der Waals surface area contributed by atoms with E-state index < -0.39 is 0 Å². The summed E-state index contributed by atoms with van der Waals surface area (Å²) in [6.07, 6.45) is 18.3. The van der Waals surface area contributed by atoms with Crippen molar-refractivity contribution in [1.29, 1.82) is 0 Å². The largest absolute Gasteiger partial charge is 0.459 e. The summed E-state index contributed by atoms with van der Waals surface area (Å²) in [5, 5.41) is 0. The molecule has 1 aromatic rings. The highest BCUT2D eigenvalue weighted by Gasteiger charge is 2.57. The summed E-state index contributed by atoms with van der Waals surface area (Å²) < 4.78 is 6.02. The van der Waals surface area contributed by atoms with Crippen LogP contribution in [-0.2, 0) is 4.74 Å². The van der Waals surface area contributed by atoms with Gasteiger partial charge in [-0.05, 0) is 122 Å². The number of carbonyl (C=O) groups excluding carboxylic acids is 1. The van der Waals surface area contributed by atoms with Crippen molar-refractivity contribution in [2.75, 3.05) is 17.7 Å². The summed E-state index contributed by atoms with van der Waals surface area (Å²) in [5.74, 6) is 4.45. The molecule has 266 valence electrons. The molecule has 0 heterocycles. The lowest BCUT2D eigenvalue weighted by Gasteiger charge is -2.57. The number of carbonyl (C=O) groups is 1. The van der Waals surface area contributed by atoms with Gasteiger partial charge in [0.1, 0.15) is 6.10 Å². The minimum Gasteiger partial charge on any atom is -0.459 e. The molecule has 3 saturated carbocycles. The second-order valence-electron chi connectivity index (χ2n) is 14.5. The summed E-state index contributed by atoms with van der Waals surface area (Å²) in [4.78, 5) is 12.9. The maximum Gasteiger partial charge on any atom is 0.338 e. The lowest BCUT2D eigenvalue weighted by molar-refractivity contribution is -0.0314. The van der Waals surface area contributed by atoms with E-state index in [4.69, 9.17) is 16.2 Å². The molecule has 4 N–H and O–H groups in total. The van der Waals surface area contributed by atoms with Gasteiger partial charge in [-0.3, -0.25) is 0 Å². The van der Waals surface area contributed by atoms with E-state index in [1.165, 1.54) is 51.4 Å². The zero-order chi connectivity index (χ0) is 35.2. The lowest BCUT2D eigenvalue weighted by atomic mass is 9.48. The van der Waals surface area contributed by atoms with Gasteiger partial charge in [-0.25, -0.2) is 4.79 Å². The summed E-state index contributed by atoms with van der Waals surface area (Å²) in [5.41, 5.74) is 15.8. The number of anilines is 2. The third-order valence-corrected chi connectivity index (χ3v) is 11.7. The van der Waals surface area contributed by atoms with Crippen LogP contribution in [0.4, 0.5) is 11.4 Å². The summed E-state index contributed by atoms with van der Waals surface area (Å²) in [7, 11) is 0. The average molecular weight is 659 g/mol. The number of allylic oxidation sites excluding steroid dienone is 2. The fraction of sp³-hybridized carbons (Fsp3) is 0.780. The zero-order valence-electron chi connectivity index (χ0n) is 32.0. The Morgan fingerprint density at radius 3 is 2.09 bits per heavy atom.